The minimum Gasteiger partial charge on any atom is -0.366 e. The minimum atomic E-state index is -0.206. The van der Waals surface area contributed by atoms with Gasteiger partial charge in [0, 0.05) is 58.1 Å². The average molecular weight is 342 g/mol. The van der Waals surface area contributed by atoms with Gasteiger partial charge in [0.25, 0.3) is 0 Å². The summed E-state index contributed by atoms with van der Waals surface area (Å²) in [6.07, 6.45) is 4.00. The molecule has 0 aliphatic carbocycles. The molecule has 6 heteroatoms. The van der Waals surface area contributed by atoms with Crippen LogP contribution in [0.1, 0.15) is 12.0 Å². The largest absolute Gasteiger partial charge is 0.366 e. The van der Waals surface area contributed by atoms with E-state index in [0.717, 1.165) is 12.1 Å². The summed E-state index contributed by atoms with van der Waals surface area (Å²) in [5.74, 6) is -0.0574. The van der Waals surface area contributed by atoms with Gasteiger partial charge < -0.3 is 15.1 Å². The van der Waals surface area contributed by atoms with Crippen LogP contribution in [0.4, 0.5) is 10.1 Å². The molecular formula is C19H23FN4O. The molecular weight excluding hydrogens is 319 g/mol. The van der Waals surface area contributed by atoms with Crippen LogP contribution in [0.2, 0.25) is 0 Å². The number of hydrogen-bond donors (Lipinski definition) is 1. The molecule has 5 nitrogen and oxygen atoms in total. The van der Waals surface area contributed by atoms with Crippen LogP contribution in [-0.4, -0.2) is 48.5 Å². The number of nitrogens with one attached hydrogen (secondary N) is 1. The predicted molar refractivity (Wildman–Crippen MR) is 95.8 cm³/mol. The second-order valence-corrected chi connectivity index (χ2v) is 6.10. The minimum absolute atomic E-state index is 0.149. The van der Waals surface area contributed by atoms with Crippen LogP contribution in [0.15, 0.2) is 48.8 Å². The highest BCUT2D eigenvalue weighted by Gasteiger charge is 2.22. The number of nitrogens with zero attached hydrogens (tertiary/aromatic N) is 3. The molecule has 1 saturated heterocycles. The molecule has 25 heavy (non-hydrogen) atoms. The van der Waals surface area contributed by atoms with Crippen LogP contribution in [0, 0.1) is 5.82 Å². The number of para-hydroxylation sites is 1. The maximum atomic E-state index is 13.8. The Morgan fingerprint density at radius 1 is 1.08 bits per heavy atom. The summed E-state index contributed by atoms with van der Waals surface area (Å²) < 4.78 is 13.8. The molecule has 1 aliphatic heterocycles. The highest BCUT2D eigenvalue weighted by Crippen LogP contribution is 2.20. The summed E-state index contributed by atoms with van der Waals surface area (Å²) in [6, 6.07) is 10.7. The molecule has 0 bridgehead atoms. The maximum absolute atomic E-state index is 13.8. The molecule has 0 spiro atoms. The van der Waals surface area contributed by atoms with Crippen LogP contribution in [0.3, 0.4) is 0 Å². The number of benzene rings is 1. The fourth-order valence-electron chi connectivity index (χ4n) is 2.99. The number of aromatic nitrogens is 1. The first kappa shape index (κ1) is 17.4. The number of rotatable bonds is 6. The van der Waals surface area contributed by atoms with Gasteiger partial charge in [0.15, 0.2) is 0 Å². The van der Waals surface area contributed by atoms with Gasteiger partial charge in [0.1, 0.15) is 5.82 Å². The molecule has 3 rings (SSSR count). The summed E-state index contributed by atoms with van der Waals surface area (Å²) in [5, 5.41) is 3.28. The van der Waals surface area contributed by atoms with Crippen molar-refractivity contribution in [3.8, 4) is 0 Å². The zero-order chi connectivity index (χ0) is 17.5. The Balaban J connectivity index is 1.39. The molecule has 1 N–H and O–H groups in total. The van der Waals surface area contributed by atoms with Crippen molar-refractivity contribution in [2.45, 2.75) is 13.0 Å². The Morgan fingerprint density at radius 3 is 2.52 bits per heavy atom. The van der Waals surface area contributed by atoms with Crippen LogP contribution in [-0.2, 0) is 11.3 Å². The van der Waals surface area contributed by atoms with Crippen molar-refractivity contribution in [2.75, 3.05) is 37.6 Å². The number of piperazine rings is 1. The van der Waals surface area contributed by atoms with E-state index in [-0.39, 0.29) is 11.7 Å². The normalized spacial score (nSPS) is 14.6. The third-order valence-corrected chi connectivity index (χ3v) is 4.42. The fourth-order valence-corrected chi connectivity index (χ4v) is 2.99. The lowest BCUT2D eigenvalue weighted by molar-refractivity contribution is -0.131. The maximum Gasteiger partial charge on any atom is 0.223 e. The molecule has 2 aromatic rings. The fraction of sp³-hybridized carbons (Fsp3) is 0.368. The monoisotopic (exact) mass is 342 g/mol. The number of anilines is 1. The lowest BCUT2D eigenvalue weighted by Crippen LogP contribution is -2.49. The van der Waals surface area contributed by atoms with E-state index in [0.29, 0.717) is 44.8 Å². The first-order valence-corrected chi connectivity index (χ1v) is 8.61. The average Bonchev–Trinajstić information content (AvgIpc) is 2.66. The second kappa shape index (κ2) is 8.58. The highest BCUT2D eigenvalue weighted by molar-refractivity contribution is 5.76. The number of amides is 1. The molecule has 0 saturated carbocycles. The lowest BCUT2D eigenvalue weighted by atomic mass is 10.2. The lowest BCUT2D eigenvalue weighted by Gasteiger charge is -2.36. The molecule has 1 amide bonds. The summed E-state index contributed by atoms with van der Waals surface area (Å²) in [5.41, 5.74) is 1.77. The Labute approximate surface area is 147 Å². The predicted octanol–water partition coefficient (Wildman–Crippen LogP) is 2.05. The van der Waals surface area contributed by atoms with E-state index in [9.17, 15) is 9.18 Å². The molecule has 1 aromatic carbocycles. The van der Waals surface area contributed by atoms with E-state index in [2.05, 4.69) is 10.3 Å². The Kier molecular flexibility index (Phi) is 5.95. The van der Waals surface area contributed by atoms with Crippen molar-refractivity contribution in [1.82, 2.24) is 15.2 Å². The van der Waals surface area contributed by atoms with Crippen LogP contribution < -0.4 is 10.2 Å². The molecule has 1 aromatic heterocycles. The van der Waals surface area contributed by atoms with Gasteiger partial charge in [0.05, 0.1) is 5.69 Å². The first-order chi connectivity index (χ1) is 12.2. The van der Waals surface area contributed by atoms with E-state index < -0.39 is 0 Å². The van der Waals surface area contributed by atoms with Gasteiger partial charge in [-0.05, 0) is 29.8 Å². The van der Waals surface area contributed by atoms with E-state index in [1.807, 2.05) is 28.0 Å². The van der Waals surface area contributed by atoms with Crippen molar-refractivity contribution in [2.24, 2.45) is 0 Å². The van der Waals surface area contributed by atoms with Gasteiger partial charge in [-0.25, -0.2) is 4.39 Å². The zero-order valence-corrected chi connectivity index (χ0v) is 14.2. The number of halogens is 1. The SMILES string of the molecule is O=C(CCNCc1ccncc1)N1CCN(c2ccccc2F)CC1. The van der Waals surface area contributed by atoms with Gasteiger partial charge >= 0.3 is 0 Å². The number of carbonyl (C=O) groups excluding carboxylic acids is 1. The highest BCUT2D eigenvalue weighted by atomic mass is 19.1. The molecule has 1 aliphatic rings. The Bertz CT molecular complexity index is 687. The quantitative estimate of drug-likeness (QED) is 0.817. The Morgan fingerprint density at radius 2 is 1.80 bits per heavy atom. The zero-order valence-electron chi connectivity index (χ0n) is 14.2. The van der Waals surface area contributed by atoms with E-state index in [1.54, 1.807) is 24.5 Å². The van der Waals surface area contributed by atoms with Crippen LogP contribution >= 0.6 is 0 Å². The molecule has 2 heterocycles. The summed E-state index contributed by atoms with van der Waals surface area (Å²) in [7, 11) is 0. The summed E-state index contributed by atoms with van der Waals surface area (Å²) in [6.45, 7) is 3.98. The Hall–Kier alpha value is -2.47. The molecule has 132 valence electrons. The van der Waals surface area contributed by atoms with Crippen molar-refractivity contribution in [3.63, 3.8) is 0 Å². The van der Waals surface area contributed by atoms with Crippen LogP contribution in [0.5, 0.6) is 0 Å². The van der Waals surface area contributed by atoms with E-state index in [1.165, 1.54) is 6.07 Å². The van der Waals surface area contributed by atoms with Crippen LogP contribution in [0.25, 0.3) is 0 Å². The standard InChI is InChI=1S/C19H23FN4O/c20-17-3-1-2-4-18(17)23-11-13-24(14-12-23)19(25)7-10-22-15-16-5-8-21-9-6-16/h1-6,8-9,22H,7,10-15H2. The smallest absolute Gasteiger partial charge is 0.223 e. The number of pyridine rings is 1. The van der Waals surface area contributed by atoms with Gasteiger partial charge in [-0.3, -0.25) is 9.78 Å². The number of hydrogen-bond acceptors (Lipinski definition) is 4. The van der Waals surface area contributed by atoms with Crippen molar-refractivity contribution >= 4 is 11.6 Å². The molecule has 0 unspecified atom stereocenters. The molecule has 1 fully saturated rings. The summed E-state index contributed by atoms with van der Waals surface area (Å²) in [4.78, 5) is 20.2. The first-order valence-electron chi connectivity index (χ1n) is 8.61. The molecule has 0 radical (unpaired) electrons. The second-order valence-electron chi connectivity index (χ2n) is 6.10. The summed E-state index contributed by atoms with van der Waals surface area (Å²) >= 11 is 0. The van der Waals surface area contributed by atoms with Crippen molar-refractivity contribution < 1.29 is 9.18 Å². The van der Waals surface area contributed by atoms with E-state index in [4.69, 9.17) is 0 Å². The molecule has 0 atom stereocenters. The number of carbonyl (C=O) groups is 1. The van der Waals surface area contributed by atoms with Gasteiger partial charge in [-0.2, -0.15) is 0 Å². The third-order valence-electron chi connectivity index (χ3n) is 4.42. The van der Waals surface area contributed by atoms with Crippen molar-refractivity contribution in [3.05, 3.63) is 60.2 Å². The van der Waals surface area contributed by atoms with Crippen molar-refractivity contribution in [1.29, 1.82) is 0 Å². The van der Waals surface area contributed by atoms with Gasteiger partial charge in [-0.1, -0.05) is 12.1 Å². The van der Waals surface area contributed by atoms with E-state index >= 15 is 0 Å². The van der Waals surface area contributed by atoms with Gasteiger partial charge in [0.2, 0.25) is 5.91 Å². The third kappa shape index (κ3) is 4.76. The topological polar surface area (TPSA) is 48.5 Å². The van der Waals surface area contributed by atoms with Gasteiger partial charge in [-0.15, -0.1) is 0 Å².